The maximum Gasteiger partial charge on any atom is 0.257 e. The van der Waals surface area contributed by atoms with Crippen molar-refractivity contribution in [3.05, 3.63) is 66.0 Å². The van der Waals surface area contributed by atoms with Gasteiger partial charge in [0.15, 0.2) is 0 Å². The summed E-state index contributed by atoms with van der Waals surface area (Å²) in [6.45, 7) is 1.88. The molecule has 3 aromatic rings. The lowest BCUT2D eigenvalue weighted by atomic mass is 10.1. The van der Waals surface area contributed by atoms with Crippen molar-refractivity contribution < 1.29 is 4.79 Å². The van der Waals surface area contributed by atoms with Crippen molar-refractivity contribution in [1.82, 2.24) is 4.98 Å². The zero-order chi connectivity index (χ0) is 14.8. The number of anilines is 2. The number of amides is 1. The van der Waals surface area contributed by atoms with E-state index in [-0.39, 0.29) is 5.91 Å². The van der Waals surface area contributed by atoms with Crippen molar-refractivity contribution in [3.8, 4) is 0 Å². The summed E-state index contributed by atoms with van der Waals surface area (Å²) < 4.78 is 0. The zero-order valence-electron chi connectivity index (χ0n) is 11.6. The Kier molecular flexibility index (Phi) is 3.28. The van der Waals surface area contributed by atoms with Gasteiger partial charge in [0, 0.05) is 34.5 Å². The molecule has 104 valence electrons. The molecular weight excluding hydrogens is 262 g/mol. The minimum absolute atomic E-state index is 0.208. The van der Waals surface area contributed by atoms with Gasteiger partial charge in [-0.3, -0.25) is 9.78 Å². The van der Waals surface area contributed by atoms with Crippen LogP contribution in [0, 0.1) is 6.92 Å². The number of hydrogen-bond acceptors (Lipinski definition) is 3. The number of para-hydroxylation sites is 1. The van der Waals surface area contributed by atoms with Crippen LogP contribution < -0.4 is 11.1 Å². The first kappa shape index (κ1) is 13.1. The van der Waals surface area contributed by atoms with Crippen molar-refractivity contribution in [2.75, 3.05) is 11.1 Å². The van der Waals surface area contributed by atoms with E-state index in [0.29, 0.717) is 11.3 Å². The Morgan fingerprint density at radius 2 is 1.95 bits per heavy atom. The van der Waals surface area contributed by atoms with Gasteiger partial charge in [-0.1, -0.05) is 24.3 Å². The number of pyridine rings is 1. The van der Waals surface area contributed by atoms with Crippen molar-refractivity contribution in [2.45, 2.75) is 6.92 Å². The van der Waals surface area contributed by atoms with Crippen LogP contribution in [-0.2, 0) is 0 Å². The molecule has 4 nitrogen and oxygen atoms in total. The van der Waals surface area contributed by atoms with E-state index < -0.39 is 0 Å². The van der Waals surface area contributed by atoms with Gasteiger partial charge in [0.05, 0.1) is 5.56 Å². The largest absolute Gasteiger partial charge is 0.398 e. The first-order valence-electron chi connectivity index (χ1n) is 6.66. The Balaban J connectivity index is 1.99. The fourth-order valence-electron chi connectivity index (χ4n) is 2.30. The number of carbonyl (C=O) groups is 1. The van der Waals surface area contributed by atoms with Crippen LogP contribution in [-0.4, -0.2) is 10.9 Å². The second kappa shape index (κ2) is 5.25. The highest BCUT2D eigenvalue weighted by atomic mass is 16.1. The number of hydrogen-bond donors (Lipinski definition) is 2. The summed E-state index contributed by atoms with van der Waals surface area (Å²) in [6, 6.07) is 13.0. The van der Waals surface area contributed by atoms with Crippen molar-refractivity contribution in [2.24, 2.45) is 0 Å². The molecule has 4 heteroatoms. The van der Waals surface area contributed by atoms with E-state index >= 15 is 0 Å². The molecule has 0 atom stereocenters. The molecule has 0 unspecified atom stereocenters. The number of fused-ring (bicyclic) bond motifs is 1. The number of aryl methyl sites for hydroxylation is 1. The zero-order valence-corrected chi connectivity index (χ0v) is 11.6. The number of aromatic nitrogens is 1. The average molecular weight is 277 g/mol. The first-order chi connectivity index (χ1) is 10.2. The topological polar surface area (TPSA) is 68.0 Å². The van der Waals surface area contributed by atoms with Crippen molar-refractivity contribution in [3.63, 3.8) is 0 Å². The highest BCUT2D eigenvalue weighted by Gasteiger charge is 2.12. The van der Waals surface area contributed by atoms with Gasteiger partial charge in [-0.25, -0.2) is 0 Å². The Bertz CT molecular complexity index is 822. The molecule has 3 rings (SSSR count). The van der Waals surface area contributed by atoms with Gasteiger partial charge < -0.3 is 11.1 Å². The van der Waals surface area contributed by atoms with Crippen molar-refractivity contribution in [1.29, 1.82) is 0 Å². The lowest BCUT2D eigenvalue weighted by Crippen LogP contribution is -2.14. The number of carbonyl (C=O) groups excluding carboxylic acids is 1. The smallest absolute Gasteiger partial charge is 0.257 e. The van der Waals surface area contributed by atoms with E-state index in [1.165, 1.54) is 0 Å². The molecule has 2 aromatic carbocycles. The molecule has 1 aromatic heterocycles. The molecule has 0 aliphatic rings. The molecule has 0 fully saturated rings. The van der Waals surface area contributed by atoms with E-state index in [0.717, 1.165) is 22.0 Å². The number of nitrogens with one attached hydrogen (secondary N) is 1. The lowest BCUT2D eigenvalue weighted by molar-refractivity contribution is 0.102. The molecule has 3 N–H and O–H groups in total. The van der Waals surface area contributed by atoms with E-state index in [1.54, 1.807) is 18.5 Å². The fraction of sp³-hybridized carbons (Fsp3) is 0.0588. The van der Waals surface area contributed by atoms with Crippen LogP contribution in [0.3, 0.4) is 0 Å². The summed E-state index contributed by atoms with van der Waals surface area (Å²) in [5.41, 5.74) is 8.62. The summed E-state index contributed by atoms with van der Waals surface area (Å²) in [4.78, 5) is 16.5. The van der Waals surface area contributed by atoms with E-state index in [2.05, 4.69) is 10.3 Å². The van der Waals surface area contributed by atoms with Crippen LogP contribution in [0.4, 0.5) is 11.4 Å². The van der Waals surface area contributed by atoms with Crippen LogP contribution in [0.2, 0.25) is 0 Å². The first-order valence-corrected chi connectivity index (χ1v) is 6.66. The SMILES string of the molecule is Cc1cccc(C(=O)Nc2cccc3cnccc23)c1N. The molecule has 1 heterocycles. The predicted molar refractivity (Wildman–Crippen MR) is 85.3 cm³/mol. The molecule has 0 bridgehead atoms. The summed E-state index contributed by atoms with van der Waals surface area (Å²) >= 11 is 0. The summed E-state index contributed by atoms with van der Waals surface area (Å²) in [6.07, 6.45) is 3.48. The Morgan fingerprint density at radius 3 is 2.81 bits per heavy atom. The highest BCUT2D eigenvalue weighted by Crippen LogP contribution is 2.24. The maximum absolute atomic E-state index is 12.4. The average Bonchev–Trinajstić information content (AvgIpc) is 2.50. The monoisotopic (exact) mass is 277 g/mol. The molecule has 21 heavy (non-hydrogen) atoms. The van der Waals surface area contributed by atoms with Crippen LogP contribution in [0.5, 0.6) is 0 Å². The maximum atomic E-state index is 12.4. The van der Waals surface area contributed by atoms with Gasteiger partial charge in [-0.05, 0) is 30.7 Å². The molecule has 0 aliphatic heterocycles. The summed E-state index contributed by atoms with van der Waals surface area (Å²) in [5, 5.41) is 4.85. The fourth-order valence-corrected chi connectivity index (χ4v) is 2.30. The Hall–Kier alpha value is -2.88. The summed E-state index contributed by atoms with van der Waals surface area (Å²) in [5.74, 6) is -0.208. The van der Waals surface area contributed by atoms with E-state index in [4.69, 9.17) is 5.73 Å². The normalized spacial score (nSPS) is 10.5. The van der Waals surface area contributed by atoms with Gasteiger partial charge >= 0.3 is 0 Å². The third-order valence-corrected chi connectivity index (χ3v) is 3.50. The van der Waals surface area contributed by atoms with Gasteiger partial charge in [-0.15, -0.1) is 0 Å². The van der Waals surface area contributed by atoms with Gasteiger partial charge in [0.2, 0.25) is 0 Å². The van der Waals surface area contributed by atoms with Gasteiger partial charge in [0.1, 0.15) is 0 Å². The van der Waals surface area contributed by atoms with Crippen LogP contribution in [0.1, 0.15) is 15.9 Å². The third-order valence-electron chi connectivity index (χ3n) is 3.50. The van der Waals surface area contributed by atoms with Crippen LogP contribution in [0.15, 0.2) is 54.9 Å². The third kappa shape index (κ3) is 2.43. The minimum Gasteiger partial charge on any atom is -0.398 e. The predicted octanol–water partition coefficient (Wildman–Crippen LogP) is 3.38. The number of rotatable bonds is 2. The quantitative estimate of drug-likeness (QED) is 0.706. The molecular formula is C17H15N3O. The standard InChI is InChI=1S/C17H15N3O/c1-11-4-2-6-14(16(11)18)17(21)20-15-7-3-5-12-10-19-9-8-13(12)15/h2-10H,18H2,1H3,(H,20,21). The minimum atomic E-state index is -0.208. The van der Waals surface area contributed by atoms with Crippen molar-refractivity contribution >= 4 is 28.1 Å². The molecule has 0 saturated carbocycles. The molecule has 0 spiro atoms. The number of nitrogens with two attached hydrogens (primary N) is 1. The number of benzene rings is 2. The van der Waals surface area contributed by atoms with E-state index in [9.17, 15) is 4.79 Å². The van der Waals surface area contributed by atoms with Gasteiger partial charge in [0.25, 0.3) is 5.91 Å². The molecule has 0 saturated heterocycles. The van der Waals surface area contributed by atoms with Gasteiger partial charge in [-0.2, -0.15) is 0 Å². The molecule has 0 radical (unpaired) electrons. The highest BCUT2D eigenvalue weighted by molar-refractivity contribution is 6.11. The summed E-state index contributed by atoms with van der Waals surface area (Å²) in [7, 11) is 0. The molecule has 0 aliphatic carbocycles. The Morgan fingerprint density at radius 1 is 1.14 bits per heavy atom. The van der Waals surface area contributed by atoms with Crippen LogP contribution >= 0.6 is 0 Å². The number of nitrogen functional groups attached to an aromatic ring is 1. The number of nitrogens with zero attached hydrogens (tertiary/aromatic N) is 1. The van der Waals surface area contributed by atoms with Crippen LogP contribution in [0.25, 0.3) is 10.8 Å². The molecule has 1 amide bonds. The second-order valence-electron chi connectivity index (χ2n) is 4.89. The lowest BCUT2D eigenvalue weighted by Gasteiger charge is -2.11. The second-order valence-corrected chi connectivity index (χ2v) is 4.89. The van der Waals surface area contributed by atoms with E-state index in [1.807, 2.05) is 43.3 Å². The Labute approximate surface area is 122 Å².